The minimum absolute atomic E-state index is 0.550. The second kappa shape index (κ2) is 3.23. The number of hydrogen-bond donors (Lipinski definition) is 0. The fraction of sp³-hybridized carbons (Fsp3) is 0.500. The molecule has 0 bridgehead atoms. The van der Waals surface area contributed by atoms with Crippen LogP contribution in [0.25, 0.3) is 0 Å². The molecule has 3 unspecified atom stereocenters. The first kappa shape index (κ1) is 10.1. The van der Waals surface area contributed by atoms with Gasteiger partial charge in [-0.1, -0.05) is 55.8 Å². The van der Waals surface area contributed by atoms with E-state index in [4.69, 9.17) is 0 Å². The third-order valence-electron chi connectivity index (χ3n) is 4.84. The number of hydrogen-bond acceptors (Lipinski definition) is 0. The molecular formula is C16H20. The zero-order valence-electron chi connectivity index (χ0n) is 10.4. The van der Waals surface area contributed by atoms with E-state index in [9.17, 15) is 0 Å². The molecule has 0 N–H and O–H groups in total. The predicted molar refractivity (Wildman–Crippen MR) is 68.3 cm³/mol. The van der Waals surface area contributed by atoms with Crippen molar-refractivity contribution in [3.63, 3.8) is 0 Å². The molecule has 0 saturated heterocycles. The third-order valence-corrected chi connectivity index (χ3v) is 4.84. The average molecular weight is 212 g/mol. The summed E-state index contributed by atoms with van der Waals surface area (Å²) in [6, 6.07) is 11.0. The highest BCUT2D eigenvalue weighted by atomic mass is 14.6. The normalized spacial score (nSPS) is 35.2. The van der Waals surface area contributed by atoms with Crippen molar-refractivity contribution in [1.82, 2.24) is 0 Å². The molecule has 3 rings (SSSR count). The molecule has 0 heteroatoms. The van der Waals surface area contributed by atoms with Gasteiger partial charge in [0.1, 0.15) is 0 Å². The summed E-state index contributed by atoms with van der Waals surface area (Å²) >= 11 is 0. The van der Waals surface area contributed by atoms with Crippen LogP contribution in [-0.2, 0) is 0 Å². The molecule has 84 valence electrons. The van der Waals surface area contributed by atoms with E-state index < -0.39 is 0 Å². The summed E-state index contributed by atoms with van der Waals surface area (Å²) in [6.45, 7) is 7.18. The molecule has 2 aliphatic carbocycles. The standard InChI is InChI=1S/C16H20/c1-11-9-10-13-15(16(13,2)3)14(11)12-7-5-4-6-8-12/h4-9,13-15H,10H2,1-3H3. The Balaban J connectivity index is 2.00. The quantitative estimate of drug-likeness (QED) is 0.605. The molecule has 0 nitrogen and oxygen atoms in total. The van der Waals surface area contributed by atoms with E-state index in [2.05, 4.69) is 57.2 Å². The van der Waals surface area contributed by atoms with Gasteiger partial charge in [0.05, 0.1) is 0 Å². The Morgan fingerprint density at radius 2 is 1.81 bits per heavy atom. The van der Waals surface area contributed by atoms with Crippen LogP contribution in [0, 0.1) is 17.3 Å². The summed E-state index contributed by atoms with van der Waals surface area (Å²) in [6.07, 6.45) is 3.76. The molecule has 0 heterocycles. The van der Waals surface area contributed by atoms with Crippen molar-refractivity contribution in [2.24, 2.45) is 17.3 Å². The maximum atomic E-state index is 2.47. The Hall–Kier alpha value is -1.04. The van der Waals surface area contributed by atoms with Gasteiger partial charge < -0.3 is 0 Å². The van der Waals surface area contributed by atoms with Crippen molar-refractivity contribution in [1.29, 1.82) is 0 Å². The zero-order valence-corrected chi connectivity index (χ0v) is 10.4. The molecule has 0 amide bonds. The van der Waals surface area contributed by atoms with Crippen molar-refractivity contribution in [2.45, 2.75) is 33.1 Å². The van der Waals surface area contributed by atoms with E-state index in [1.165, 1.54) is 12.0 Å². The average Bonchev–Trinajstić information content (AvgIpc) is 2.83. The van der Waals surface area contributed by atoms with Crippen LogP contribution >= 0.6 is 0 Å². The molecule has 0 aliphatic heterocycles. The lowest BCUT2D eigenvalue weighted by Gasteiger charge is -2.22. The summed E-state index contributed by atoms with van der Waals surface area (Å²) in [5.74, 6) is 2.47. The van der Waals surface area contributed by atoms with Gasteiger partial charge in [0.2, 0.25) is 0 Å². The van der Waals surface area contributed by atoms with E-state index in [-0.39, 0.29) is 0 Å². The Bertz CT molecular complexity index is 425. The third kappa shape index (κ3) is 1.29. The first-order valence-corrected chi connectivity index (χ1v) is 6.34. The van der Waals surface area contributed by atoms with E-state index in [1.807, 2.05) is 0 Å². The van der Waals surface area contributed by atoms with Crippen LogP contribution in [0.4, 0.5) is 0 Å². The minimum atomic E-state index is 0.550. The maximum absolute atomic E-state index is 2.47. The molecule has 0 aromatic heterocycles. The lowest BCUT2D eigenvalue weighted by atomic mass is 9.82. The van der Waals surface area contributed by atoms with E-state index in [0.29, 0.717) is 11.3 Å². The second-order valence-corrected chi connectivity index (χ2v) is 6.03. The highest BCUT2D eigenvalue weighted by Gasteiger charge is 2.61. The Kier molecular flexibility index (Phi) is 2.04. The van der Waals surface area contributed by atoms with Gasteiger partial charge in [-0.05, 0) is 36.2 Å². The van der Waals surface area contributed by atoms with Gasteiger partial charge in [-0.25, -0.2) is 0 Å². The van der Waals surface area contributed by atoms with Gasteiger partial charge in [-0.2, -0.15) is 0 Å². The fourth-order valence-corrected chi connectivity index (χ4v) is 3.75. The molecule has 3 atom stereocenters. The van der Waals surface area contributed by atoms with E-state index in [1.54, 1.807) is 5.57 Å². The van der Waals surface area contributed by atoms with Crippen LogP contribution in [0.3, 0.4) is 0 Å². The Morgan fingerprint density at radius 3 is 2.50 bits per heavy atom. The first-order chi connectivity index (χ1) is 7.62. The highest BCUT2D eigenvalue weighted by Crippen LogP contribution is 2.68. The van der Waals surface area contributed by atoms with Gasteiger partial charge >= 0.3 is 0 Å². The molecule has 0 radical (unpaired) electrons. The van der Waals surface area contributed by atoms with Gasteiger partial charge in [0.15, 0.2) is 0 Å². The number of benzene rings is 1. The van der Waals surface area contributed by atoms with Gasteiger partial charge in [0, 0.05) is 5.92 Å². The lowest BCUT2D eigenvalue weighted by Crippen LogP contribution is -2.09. The largest absolute Gasteiger partial charge is 0.0847 e. The number of fused-ring (bicyclic) bond motifs is 1. The van der Waals surface area contributed by atoms with Gasteiger partial charge in [-0.3, -0.25) is 0 Å². The Morgan fingerprint density at radius 1 is 1.12 bits per heavy atom. The molecular weight excluding hydrogens is 192 g/mol. The van der Waals surface area contributed by atoms with Crippen molar-refractivity contribution >= 4 is 0 Å². The summed E-state index contributed by atoms with van der Waals surface area (Å²) in [5.41, 5.74) is 3.64. The molecule has 1 aromatic rings. The minimum Gasteiger partial charge on any atom is -0.0847 e. The lowest BCUT2D eigenvalue weighted by molar-refractivity contribution is 0.515. The number of allylic oxidation sites excluding steroid dienone is 2. The van der Waals surface area contributed by atoms with Crippen LogP contribution in [-0.4, -0.2) is 0 Å². The van der Waals surface area contributed by atoms with Crippen LogP contribution < -0.4 is 0 Å². The molecule has 2 aliphatic rings. The second-order valence-electron chi connectivity index (χ2n) is 6.03. The van der Waals surface area contributed by atoms with Crippen LogP contribution in [0.5, 0.6) is 0 Å². The van der Waals surface area contributed by atoms with E-state index >= 15 is 0 Å². The highest BCUT2D eigenvalue weighted by molar-refractivity contribution is 5.36. The molecule has 16 heavy (non-hydrogen) atoms. The zero-order chi connectivity index (χ0) is 11.3. The molecule has 1 aromatic carbocycles. The van der Waals surface area contributed by atoms with Crippen LogP contribution in [0.15, 0.2) is 42.0 Å². The maximum Gasteiger partial charge on any atom is 0.00818 e. The summed E-state index contributed by atoms with van der Waals surface area (Å²) < 4.78 is 0. The van der Waals surface area contributed by atoms with Gasteiger partial charge in [-0.15, -0.1) is 0 Å². The molecule has 1 fully saturated rings. The summed E-state index contributed by atoms with van der Waals surface area (Å²) in [7, 11) is 0. The van der Waals surface area contributed by atoms with Crippen LogP contribution in [0.2, 0.25) is 0 Å². The SMILES string of the molecule is CC1=CCC2C(C1c1ccccc1)C2(C)C. The smallest absolute Gasteiger partial charge is 0.00818 e. The molecule has 0 spiro atoms. The van der Waals surface area contributed by atoms with Crippen molar-refractivity contribution in [3.05, 3.63) is 47.5 Å². The fourth-order valence-electron chi connectivity index (χ4n) is 3.75. The molecule has 1 saturated carbocycles. The van der Waals surface area contributed by atoms with E-state index in [0.717, 1.165) is 11.8 Å². The van der Waals surface area contributed by atoms with Crippen molar-refractivity contribution in [2.75, 3.05) is 0 Å². The predicted octanol–water partition coefficient (Wildman–Crippen LogP) is 4.39. The van der Waals surface area contributed by atoms with Gasteiger partial charge in [0.25, 0.3) is 0 Å². The summed E-state index contributed by atoms with van der Waals surface area (Å²) in [5, 5.41) is 0. The summed E-state index contributed by atoms with van der Waals surface area (Å²) in [4.78, 5) is 0. The topological polar surface area (TPSA) is 0 Å². The monoisotopic (exact) mass is 212 g/mol. The van der Waals surface area contributed by atoms with Crippen molar-refractivity contribution < 1.29 is 0 Å². The van der Waals surface area contributed by atoms with Crippen molar-refractivity contribution in [3.8, 4) is 0 Å². The van der Waals surface area contributed by atoms with Crippen LogP contribution in [0.1, 0.15) is 38.7 Å². The Labute approximate surface area is 98.4 Å². The first-order valence-electron chi connectivity index (χ1n) is 6.34. The number of rotatable bonds is 1.